The number of rotatable bonds is 6. The first-order chi connectivity index (χ1) is 10.2. The van der Waals surface area contributed by atoms with E-state index in [-0.39, 0.29) is 0 Å². The molecule has 2 aliphatic carbocycles. The van der Waals surface area contributed by atoms with Gasteiger partial charge in [0.2, 0.25) is 0 Å². The van der Waals surface area contributed by atoms with E-state index in [2.05, 4.69) is 24.1 Å². The van der Waals surface area contributed by atoms with Crippen molar-refractivity contribution in [2.24, 2.45) is 17.8 Å². The zero-order valence-corrected chi connectivity index (χ0v) is 14.3. The van der Waals surface area contributed by atoms with Crippen molar-refractivity contribution in [3.8, 4) is 0 Å². The van der Waals surface area contributed by atoms with Gasteiger partial charge in [0, 0.05) is 25.2 Å². The summed E-state index contributed by atoms with van der Waals surface area (Å²) in [6.07, 6.45) is 13.2. The normalized spacial score (nSPS) is 32.7. The molecule has 1 saturated heterocycles. The third-order valence-electron chi connectivity index (χ3n) is 6.10. The highest BCUT2D eigenvalue weighted by molar-refractivity contribution is 4.96. The predicted molar refractivity (Wildman–Crippen MR) is 90.5 cm³/mol. The van der Waals surface area contributed by atoms with Gasteiger partial charge >= 0.3 is 0 Å². The van der Waals surface area contributed by atoms with Crippen LogP contribution in [-0.4, -0.2) is 36.6 Å². The fraction of sp³-hybridized carbons (Fsp3) is 1.00. The molecule has 2 saturated carbocycles. The molecule has 0 aromatic rings. The molecule has 0 radical (unpaired) electrons. The molecule has 122 valence electrons. The van der Waals surface area contributed by atoms with Crippen molar-refractivity contribution in [3.05, 3.63) is 0 Å². The standard InChI is InChI=1S/C19H36N2/c1-15(2)7-6-12-21-14-18(16-8-4-3-5-9-16)20-13-19(21)17-10-11-17/h15-20H,3-14H2,1-2H3. The van der Waals surface area contributed by atoms with E-state index in [1.165, 1.54) is 77.4 Å². The molecule has 3 fully saturated rings. The van der Waals surface area contributed by atoms with E-state index in [9.17, 15) is 0 Å². The van der Waals surface area contributed by atoms with Crippen LogP contribution in [-0.2, 0) is 0 Å². The van der Waals surface area contributed by atoms with Crippen LogP contribution in [0.1, 0.15) is 71.6 Å². The molecule has 2 atom stereocenters. The third-order valence-corrected chi connectivity index (χ3v) is 6.10. The molecule has 0 bridgehead atoms. The van der Waals surface area contributed by atoms with Crippen molar-refractivity contribution in [3.63, 3.8) is 0 Å². The summed E-state index contributed by atoms with van der Waals surface area (Å²) < 4.78 is 0. The van der Waals surface area contributed by atoms with Gasteiger partial charge < -0.3 is 5.32 Å². The van der Waals surface area contributed by atoms with Crippen LogP contribution in [0, 0.1) is 17.8 Å². The first kappa shape index (κ1) is 15.8. The number of nitrogens with one attached hydrogen (secondary N) is 1. The second-order valence-electron chi connectivity index (χ2n) is 8.35. The van der Waals surface area contributed by atoms with Gasteiger partial charge in [-0.05, 0) is 62.8 Å². The quantitative estimate of drug-likeness (QED) is 0.794. The highest BCUT2D eigenvalue weighted by Gasteiger charge is 2.40. The molecule has 2 heteroatoms. The Balaban J connectivity index is 1.52. The van der Waals surface area contributed by atoms with Crippen LogP contribution in [0.4, 0.5) is 0 Å². The van der Waals surface area contributed by atoms with Gasteiger partial charge in [-0.1, -0.05) is 33.1 Å². The van der Waals surface area contributed by atoms with E-state index >= 15 is 0 Å². The highest BCUT2D eigenvalue weighted by atomic mass is 15.2. The Morgan fingerprint density at radius 2 is 1.76 bits per heavy atom. The molecule has 3 aliphatic rings. The molecule has 0 spiro atoms. The Hall–Kier alpha value is -0.0800. The van der Waals surface area contributed by atoms with Crippen molar-refractivity contribution in [1.29, 1.82) is 0 Å². The largest absolute Gasteiger partial charge is 0.311 e. The van der Waals surface area contributed by atoms with Crippen LogP contribution >= 0.6 is 0 Å². The van der Waals surface area contributed by atoms with Crippen molar-refractivity contribution in [2.75, 3.05) is 19.6 Å². The number of hydrogen-bond donors (Lipinski definition) is 1. The Bertz CT molecular complexity index is 305. The summed E-state index contributed by atoms with van der Waals surface area (Å²) in [7, 11) is 0. The van der Waals surface area contributed by atoms with E-state index in [0.29, 0.717) is 0 Å². The fourth-order valence-corrected chi connectivity index (χ4v) is 4.61. The zero-order chi connectivity index (χ0) is 14.7. The van der Waals surface area contributed by atoms with Crippen LogP contribution < -0.4 is 5.32 Å². The minimum Gasteiger partial charge on any atom is -0.311 e. The van der Waals surface area contributed by atoms with Gasteiger partial charge in [0.15, 0.2) is 0 Å². The van der Waals surface area contributed by atoms with Gasteiger partial charge in [-0.3, -0.25) is 4.90 Å². The van der Waals surface area contributed by atoms with E-state index in [0.717, 1.165) is 29.8 Å². The fourth-order valence-electron chi connectivity index (χ4n) is 4.61. The lowest BCUT2D eigenvalue weighted by Gasteiger charge is -2.44. The summed E-state index contributed by atoms with van der Waals surface area (Å²) in [5.74, 6) is 2.84. The first-order valence-electron chi connectivity index (χ1n) is 9.71. The van der Waals surface area contributed by atoms with E-state index in [1.54, 1.807) is 0 Å². The monoisotopic (exact) mass is 292 g/mol. The molecule has 0 amide bonds. The molecule has 21 heavy (non-hydrogen) atoms. The van der Waals surface area contributed by atoms with Gasteiger partial charge in [0.1, 0.15) is 0 Å². The number of hydrogen-bond acceptors (Lipinski definition) is 2. The maximum absolute atomic E-state index is 3.95. The van der Waals surface area contributed by atoms with Crippen molar-refractivity contribution in [1.82, 2.24) is 10.2 Å². The Kier molecular flexibility index (Phi) is 5.61. The van der Waals surface area contributed by atoms with Crippen LogP contribution in [0.15, 0.2) is 0 Å². The van der Waals surface area contributed by atoms with Crippen molar-refractivity contribution >= 4 is 0 Å². The number of piperazine rings is 1. The summed E-state index contributed by atoms with van der Waals surface area (Å²) in [4.78, 5) is 2.88. The third kappa shape index (κ3) is 4.45. The Morgan fingerprint density at radius 1 is 1.00 bits per heavy atom. The molecule has 1 heterocycles. The van der Waals surface area contributed by atoms with Crippen LogP contribution in [0.5, 0.6) is 0 Å². The maximum atomic E-state index is 3.95. The Labute approximate surface area is 132 Å². The zero-order valence-electron chi connectivity index (χ0n) is 14.3. The minimum atomic E-state index is 0.791. The summed E-state index contributed by atoms with van der Waals surface area (Å²) in [6.45, 7) is 8.68. The second-order valence-corrected chi connectivity index (χ2v) is 8.35. The van der Waals surface area contributed by atoms with Crippen molar-refractivity contribution in [2.45, 2.75) is 83.7 Å². The second kappa shape index (κ2) is 7.46. The average molecular weight is 293 g/mol. The van der Waals surface area contributed by atoms with Crippen molar-refractivity contribution < 1.29 is 0 Å². The molecule has 0 aromatic carbocycles. The Morgan fingerprint density at radius 3 is 2.43 bits per heavy atom. The minimum absolute atomic E-state index is 0.791. The first-order valence-corrected chi connectivity index (χ1v) is 9.71. The lowest BCUT2D eigenvalue weighted by Crippen LogP contribution is -2.59. The molecule has 1 N–H and O–H groups in total. The summed E-state index contributed by atoms with van der Waals surface area (Å²) in [5.41, 5.74) is 0. The lowest BCUT2D eigenvalue weighted by molar-refractivity contribution is 0.0822. The van der Waals surface area contributed by atoms with Crippen LogP contribution in [0.3, 0.4) is 0 Å². The maximum Gasteiger partial charge on any atom is 0.0249 e. The average Bonchev–Trinajstić information content (AvgIpc) is 3.32. The predicted octanol–water partition coefficient (Wildman–Crippen LogP) is 4.06. The summed E-state index contributed by atoms with van der Waals surface area (Å²) in [5, 5.41) is 3.95. The summed E-state index contributed by atoms with van der Waals surface area (Å²) >= 11 is 0. The van der Waals surface area contributed by atoms with Gasteiger partial charge in [-0.15, -0.1) is 0 Å². The van der Waals surface area contributed by atoms with Crippen LogP contribution in [0.2, 0.25) is 0 Å². The van der Waals surface area contributed by atoms with Gasteiger partial charge in [-0.25, -0.2) is 0 Å². The topological polar surface area (TPSA) is 15.3 Å². The molecule has 3 rings (SSSR count). The van der Waals surface area contributed by atoms with Gasteiger partial charge in [-0.2, -0.15) is 0 Å². The molecule has 2 unspecified atom stereocenters. The summed E-state index contributed by atoms with van der Waals surface area (Å²) in [6, 6.07) is 1.65. The molecular weight excluding hydrogens is 256 g/mol. The molecular formula is C19H36N2. The molecule has 2 nitrogen and oxygen atoms in total. The van der Waals surface area contributed by atoms with Crippen LogP contribution in [0.25, 0.3) is 0 Å². The highest BCUT2D eigenvalue weighted by Crippen LogP contribution is 2.37. The molecule has 1 aliphatic heterocycles. The van der Waals surface area contributed by atoms with E-state index < -0.39 is 0 Å². The molecule has 0 aromatic heterocycles. The number of nitrogens with zero attached hydrogens (tertiary/aromatic N) is 1. The lowest BCUT2D eigenvalue weighted by atomic mass is 9.82. The van der Waals surface area contributed by atoms with Gasteiger partial charge in [0.05, 0.1) is 0 Å². The van der Waals surface area contributed by atoms with E-state index in [4.69, 9.17) is 0 Å². The van der Waals surface area contributed by atoms with E-state index in [1.807, 2.05) is 0 Å². The SMILES string of the molecule is CC(C)CCCN1CC(C2CCCCC2)NCC1C1CC1. The van der Waals surface area contributed by atoms with Gasteiger partial charge in [0.25, 0.3) is 0 Å². The smallest absolute Gasteiger partial charge is 0.0249 e.